The molecule has 0 unspecified atom stereocenters. The van der Waals surface area contributed by atoms with Crippen LogP contribution in [-0.2, 0) is 23.6 Å². The van der Waals surface area contributed by atoms with Gasteiger partial charge in [-0.25, -0.2) is 13.4 Å². The summed E-state index contributed by atoms with van der Waals surface area (Å²) in [4.78, 5) is 11.6. The minimum Gasteiger partial charge on any atom is -0.330 e. The van der Waals surface area contributed by atoms with Crippen molar-refractivity contribution in [1.82, 2.24) is 23.7 Å². The number of aromatic nitrogens is 3. The summed E-state index contributed by atoms with van der Waals surface area (Å²) in [5.74, 6) is 0.991. The molecule has 4 aromatic rings. The van der Waals surface area contributed by atoms with Gasteiger partial charge in [-0.05, 0) is 24.3 Å². The van der Waals surface area contributed by atoms with Crippen LogP contribution in [0.1, 0.15) is 5.82 Å². The Labute approximate surface area is 175 Å². The summed E-state index contributed by atoms with van der Waals surface area (Å²) in [6, 6.07) is 17.1. The Morgan fingerprint density at radius 3 is 2.50 bits per heavy atom. The van der Waals surface area contributed by atoms with Gasteiger partial charge in [-0.3, -0.25) is 9.88 Å². The summed E-state index contributed by atoms with van der Waals surface area (Å²) >= 11 is 0. The third-order valence-electron chi connectivity index (χ3n) is 5.79. The molecule has 1 aliphatic rings. The zero-order valence-electron chi connectivity index (χ0n) is 16.8. The van der Waals surface area contributed by atoms with Gasteiger partial charge in [0.1, 0.15) is 10.7 Å². The van der Waals surface area contributed by atoms with E-state index in [1.165, 1.54) is 0 Å². The second-order valence-electron chi connectivity index (χ2n) is 7.59. The van der Waals surface area contributed by atoms with E-state index in [1.807, 2.05) is 43.4 Å². The summed E-state index contributed by atoms with van der Waals surface area (Å²) in [5.41, 5.74) is 2.62. The molecule has 0 spiro atoms. The van der Waals surface area contributed by atoms with Gasteiger partial charge in [0.2, 0.25) is 10.0 Å². The first kappa shape index (κ1) is 19.2. The maximum Gasteiger partial charge on any atom is 0.245 e. The lowest BCUT2D eigenvalue weighted by molar-refractivity contribution is 0.177. The molecule has 7 nitrogen and oxygen atoms in total. The van der Waals surface area contributed by atoms with E-state index < -0.39 is 10.0 Å². The van der Waals surface area contributed by atoms with Crippen LogP contribution < -0.4 is 0 Å². The molecule has 3 heterocycles. The molecule has 5 rings (SSSR count). The standard InChI is InChI=1S/C22H23N5O2S/c1-25-19-9-3-2-8-18(19)24-21(25)16-26-12-14-27(15-13-26)30(28,29)20-10-4-6-17-7-5-11-23-22(17)20/h2-11H,12-16H2,1H3. The molecule has 1 saturated heterocycles. The van der Waals surface area contributed by atoms with Crippen molar-refractivity contribution in [3.05, 3.63) is 66.6 Å². The minimum atomic E-state index is -3.59. The van der Waals surface area contributed by atoms with Crippen LogP contribution in [0.25, 0.3) is 21.9 Å². The lowest BCUT2D eigenvalue weighted by Gasteiger charge is -2.33. The number of fused-ring (bicyclic) bond motifs is 2. The second-order valence-corrected chi connectivity index (χ2v) is 9.49. The summed E-state index contributed by atoms with van der Waals surface area (Å²) in [6.45, 7) is 2.95. The van der Waals surface area contributed by atoms with Crippen molar-refractivity contribution in [1.29, 1.82) is 0 Å². The van der Waals surface area contributed by atoms with Crippen LogP contribution in [-0.4, -0.2) is 58.3 Å². The van der Waals surface area contributed by atoms with Crippen LogP contribution in [0.2, 0.25) is 0 Å². The molecule has 154 valence electrons. The van der Waals surface area contributed by atoms with Crippen molar-refractivity contribution in [3.63, 3.8) is 0 Å². The summed E-state index contributed by atoms with van der Waals surface area (Å²) < 4.78 is 30.3. The van der Waals surface area contributed by atoms with E-state index in [-0.39, 0.29) is 4.90 Å². The lowest BCUT2D eigenvalue weighted by Crippen LogP contribution is -2.48. The molecule has 0 aliphatic carbocycles. The van der Waals surface area contributed by atoms with Gasteiger partial charge in [0.25, 0.3) is 0 Å². The van der Waals surface area contributed by atoms with Gasteiger partial charge in [0.05, 0.1) is 23.1 Å². The molecule has 0 saturated carbocycles. The molecule has 2 aromatic carbocycles. The first-order valence-electron chi connectivity index (χ1n) is 10.0. The van der Waals surface area contributed by atoms with Gasteiger partial charge in [-0.15, -0.1) is 0 Å². The Balaban J connectivity index is 1.33. The minimum absolute atomic E-state index is 0.282. The fourth-order valence-corrected chi connectivity index (χ4v) is 5.68. The second kappa shape index (κ2) is 7.46. The van der Waals surface area contributed by atoms with Crippen LogP contribution >= 0.6 is 0 Å². The topological polar surface area (TPSA) is 71.3 Å². The van der Waals surface area contributed by atoms with Crippen LogP contribution in [0.3, 0.4) is 0 Å². The van der Waals surface area contributed by atoms with E-state index in [0.717, 1.165) is 22.2 Å². The molecule has 8 heteroatoms. The number of benzene rings is 2. The number of pyridine rings is 1. The molecular formula is C22H23N5O2S. The maximum absolute atomic E-state index is 13.3. The van der Waals surface area contributed by atoms with Crippen LogP contribution in [0.5, 0.6) is 0 Å². The number of hydrogen-bond acceptors (Lipinski definition) is 5. The molecule has 0 bridgehead atoms. The summed E-state index contributed by atoms with van der Waals surface area (Å²) in [5, 5.41) is 0.832. The van der Waals surface area contributed by atoms with Crippen LogP contribution in [0, 0.1) is 0 Å². The average Bonchev–Trinajstić information content (AvgIpc) is 3.09. The third kappa shape index (κ3) is 3.27. The highest BCUT2D eigenvalue weighted by molar-refractivity contribution is 7.89. The number of para-hydroxylation sites is 3. The summed E-state index contributed by atoms with van der Waals surface area (Å²) in [6.07, 6.45) is 1.64. The zero-order chi connectivity index (χ0) is 20.7. The Morgan fingerprint density at radius 1 is 0.933 bits per heavy atom. The zero-order valence-corrected chi connectivity index (χ0v) is 17.6. The van der Waals surface area contributed by atoms with Crippen molar-refractivity contribution in [2.24, 2.45) is 7.05 Å². The predicted octanol–water partition coefficient (Wildman–Crippen LogP) is 2.63. The first-order chi connectivity index (χ1) is 14.5. The molecule has 1 fully saturated rings. The average molecular weight is 422 g/mol. The molecular weight excluding hydrogens is 398 g/mol. The third-order valence-corrected chi connectivity index (χ3v) is 7.72. The molecule has 0 N–H and O–H groups in total. The monoisotopic (exact) mass is 421 g/mol. The van der Waals surface area contributed by atoms with E-state index in [2.05, 4.69) is 20.5 Å². The van der Waals surface area contributed by atoms with Gasteiger partial charge >= 0.3 is 0 Å². The normalized spacial score (nSPS) is 16.4. The number of rotatable bonds is 4. The smallest absolute Gasteiger partial charge is 0.245 e. The van der Waals surface area contributed by atoms with Crippen molar-refractivity contribution in [2.75, 3.05) is 26.2 Å². The fourth-order valence-electron chi connectivity index (χ4n) is 4.09. The molecule has 0 radical (unpaired) electrons. The largest absolute Gasteiger partial charge is 0.330 e. The first-order valence-corrected chi connectivity index (χ1v) is 11.4. The Morgan fingerprint density at radius 2 is 1.70 bits per heavy atom. The van der Waals surface area contributed by atoms with E-state index in [1.54, 1.807) is 22.6 Å². The van der Waals surface area contributed by atoms with E-state index >= 15 is 0 Å². The van der Waals surface area contributed by atoms with Gasteiger partial charge < -0.3 is 4.57 Å². The Bertz CT molecular complexity index is 1320. The summed E-state index contributed by atoms with van der Waals surface area (Å²) in [7, 11) is -1.56. The Hall–Kier alpha value is -2.81. The van der Waals surface area contributed by atoms with Gasteiger partial charge in [0, 0.05) is 44.8 Å². The maximum atomic E-state index is 13.3. The fraction of sp³-hybridized carbons (Fsp3) is 0.273. The quantitative estimate of drug-likeness (QED) is 0.507. The molecule has 0 atom stereocenters. The van der Waals surface area contributed by atoms with Crippen molar-refractivity contribution < 1.29 is 8.42 Å². The number of aryl methyl sites for hydroxylation is 1. The highest BCUT2D eigenvalue weighted by atomic mass is 32.2. The number of piperazine rings is 1. The number of nitrogens with zero attached hydrogens (tertiary/aromatic N) is 5. The molecule has 0 amide bonds. The van der Waals surface area contributed by atoms with Crippen molar-refractivity contribution >= 4 is 32.0 Å². The molecule has 30 heavy (non-hydrogen) atoms. The van der Waals surface area contributed by atoms with E-state index in [9.17, 15) is 8.42 Å². The van der Waals surface area contributed by atoms with Gasteiger partial charge in [-0.2, -0.15) is 4.31 Å². The Kier molecular flexibility index (Phi) is 4.77. The predicted molar refractivity (Wildman–Crippen MR) is 116 cm³/mol. The van der Waals surface area contributed by atoms with Crippen LogP contribution in [0.15, 0.2) is 65.7 Å². The number of sulfonamides is 1. The van der Waals surface area contributed by atoms with Crippen LogP contribution in [0.4, 0.5) is 0 Å². The SMILES string of the molecule is Cn1c(CN2CCN(S(=O)(=O)c3cccc4cccnc34)CC2)nc2ccccc21. The highest BCUT2D eigenvalue weighted by Gasteiger charge is 2.30. The van der Waals surface area contributed by atoms with Crippen molar-refractivity contribution in [3.8, 4) is 0 Å². The van der Waals surface area contributed by atoms with E-state index in [4.69, 9.17) is 4.98 Å². The van der Waals surface area contributed by atoms with E-state index in [0.29, 0.717) is 38.2 Å². The van der Waals surface area contributed by atoms with Gasteiger partial charge in [0.15, 0.2) is 0 Å². The molecule has 1 aliphatic heterocycles. The lowest BCUT2D eigenvalue weighted by atomic mass is 10.2. The number of hydrogen-bond donors (Lipinski definition) is 0. The number of imidazole rings is 1. The highest BCUT2D eigenvalue weighted by Crippen LogP contribution is 2.25. The van der Waals surface area contributed by atoms with Crippen molar-refractivity contribution in [2.45, 2.75) is 11.4 Å². The van der Waals surface area contributed by atoms with Gasteiger partial charge in [-0.1, -0.05) is 30.3 Å². The molecule has 2 aromatic heterocycles.